The molecule has 1 fully saturated rings. The molecule has 2 aromatic rings. The van der Waals surface area contributed by atoms with Crippen LogP contribution in [0.4, 0.5) is 0 Å². The number of nitrogens with zero attached hydrogens (tertiary/aromatic N) is 1. The first kappa shape index (κ1) is 13.7. The maximum atomic E-state index is 12.6. The lowest BCUT2D eigenvalue weighted by atomic mass is 9.82. The van der Waals surface area contributed by atoms with Gasteiger partial charge in [-0.25, -0.2) is 0 Å². The Morgan fingerprint density at radius 3 is 2.90 bits per heavy atom. The monoisotopic (exact) mass is 286 g/mol. The van der Waals surface area contributed by atoms with Gasteiger partial charge in [-0.05, 0) is 43.4 Å². The number of aromatic amines is 1. The van der Waals surface area contributed by atoms with Crippen LogP contribution in [-0.2, 0) is 4.79 Å². The van der Waals surface area contributed by atoms with Crippen LogP contribution >= 0.6 is 0 Å². The molecule has 1 unspecified atom stereocenters. The zero-order valence-electron chi connectivity index (χ0n) is 11.9. The molecule has 1 atom stereocenters. The van der Waals surface area contributed by atoms with Crippen LogP contribution in [0.5, 0.6) is 0 Å². The predicted molar refractivity (Wildman–Crippen MR) is 79.2 cm³/mol. The van der Waals surface area contributed by atoms with E-state index >= 15 is 0 Å². The van der Waals surface area contributed by atoms with Gasteiger partial charge in [-0.2, -0.15) is 0 Å². The first-order valence-electron chi connectivity index (χ1n) is 7.09. The molecule has 5 heteroatoms. The van der Waals surface area contributed by atoms with Gasteiger partial charge in [-0.3, -0.25) is 9.59 Å². The standard InChI is InChI=1S/C16H18N2O3/c1-16(15(20)21)6-2-8-18(10-16)14(19)12-4-3-11-5-7-17-13(11)9-12/h3-5,7,9,17H,2,6,8,10H2,1H3,(H,20,21). The van der Waals surface area contributed by atoms with Crippen molar-refractivity contribution in [2.45, 2.75) is 19.8 Å². The largest absolute Gasteiger partial charge is 0.481 e. The molecule has 1 aromatic heterocycles. The van der Waals surface area contributed by atoms with Crippen molar-refractivity contribution < 1.29 is 14.7 Å². The number of fused-ring (bicyclic) bond motifs is 1. The van der Waals surface area contributed by atoms with E-state index in [9.17, 15) is 14.7 Å². The maximum Gasteiger partial charge on any atom is 0.311 e. The summed E-state index contributed by atoms with van der Waals surface area (Å²) < 4.78 is 0. The van der Waals surface area contributed by atoms with Crippen LogP contribution in [0.1, 0.15) is 30.1 Å². The molecule has 1 saturated heterocycles. The van der Waals surface area contributed by atoms with E-state index in [1.54, 1.807) is 17.9 Å². The molecule has 0 saturated carbocycles. The quantitative estimate of drug-likeness (QED) is 0.890. The molecule has 21 heavy (non-hydrogen) atoms. The van der Waals surface area contributed by atoms with Gasteiger partial charge in [0.2, 0.25) is 0 Å². The second-order valence-corrected chi connectivity index (χ2v) is 5.98. The Balaban J connectivity index is 1.85. The molecule has 1 aliphatic rings. The summed E-state index contributed by atoms with van der Waals surface area (Å²) in [6.45, 7) is 2.59. The summed E-state index contributed by atoms with van der Waals surface area (Å²) in [5.74, 6) is -0.932. The van der Waals surface area contributed by atoms with Crippen molar-refractivity contribution in [3.8, 4) is 0 Å². The topological polar surface area (TPSA) is 73.4 Å². The highest BCUT2D eigenvalue weighted by atomic mass is 16.4. The van der Waals surface area contributed by atoms with Crippen molar-refractivity contribution in [1.82, 2.24) is 9.88 Å². The summed E-state index contributed by atoms with van der Waals surface area (Å²) >= 11 is 0. The molecule has 0 bridgehead atoms. The van der Waals surface area contributed by atoms with E-state index in [2.05, 4.69) is 4.98 Å². The first-order valence-corrected chi connectivity index (χ1v) is 7.09. The highest BCUT2D eigenvalue weighted by molar-refractivity contribution is 5.98. The van der Waals surface area contributed by atoms with Gasteiger partial charge in [-0.1, -0.05) is 6.07 Å². The smallest absolute Gasteiger partial charge is 0.311 e. The number of benzene rings is 1. The first-order chi connectivity index (χ1) is 9.99. The van der Waals surface area contributed by atoms with Gasteiger partial charge in [0.25, 0.3) is 5.91 Å². The van der Waals surface area contributed by atoms with Crippen LogP contribution in [0, 0.1) is 5.41 Å². The number of rotatable bonds is 2. The molecular weight excluding hydrogens is 268 g/mol. The molecule has 2 N–H and O–H groups in total. The van der Waals surface area contributed by atoms with Crippen molar-refractivity contribution in [1.29, 1.82) is 0 Å². The van der Waals surface area contributed by atoms with Crippen LogP contribution in [0.3, 0.4) is 0 Å². The van der Waals surface area contributed by atoms with Crippen molar-refractivity contribution >= 4 is 22.8 Å². The van der Waals surface area contributed by atoms with Crippen LogP contribution in [-0.4, -0.2) is 40.0 Å². The van der Waals surface area contributed by atoms with E-state index in [0.717, 1.165) is 17.3 Å². The molecule has 1 aromatic carbocycles. The number of hydrogen-bond acceptors (Lipinski definition) is 2. The second kappa shape index (κ2) is 4.91. The third-order valence-electron chi connectivity index (χ3n) is 4.30. The number of carbonyl (C=O) groups excluding carboxylic acids is 1. The van der Waals surface area contributed by atoms with Crippen molar-refractivity contribution in [3.63, 3.8) is 0 Å². The number of carboxylic acids is 1. The number of hydrogen-bond donors (Lipinski definition) is 2. The fraction of sp³-hybridized carbons (Fsp3) is 0.375. The number of H-pyrrole nitrogens is 1. The van der Waals surface area contributed by atoms with E-state index < -0.39 is 11.4 Å². The zero-order valence-corrected chi connectivity index (χ0v) is 11.9. The molecule has 0 spiro atoms. The number of likely N-dealkylation sites (tertiary alicyclic amines) is 1. The Morgan fingerprint density at radius 1 is 1.33 bits per heavy atom. The van der Waals surface area contributed by atoms with Gasteiger partial charge in [0.05, 0.1) is 5.41 Å². The molecule has 2 heterocycles. The van der Waals surface area contributed by atoms with E-state index in [-0.39, 0.29) is 12.5 Å². The normalized spacial score (nSPS) is 22.4. The number of amides is 1. The summed E-state index contributed by atoms with van der Waals surface area (Å²) in [4.78, 5) is 28.7. The SMILES string of the molecule is CC1(C(=O)O)CCCN(C(=O)c2ccc3cc[nH]c3c2)C1. The number of aliphatic carboxylic acids is 1. The Morgan fingerprint density at radius 2 is 2.14 bits per heavy atom. The predicted octanol–water partition coefficient (Wildman–Crippen LogP) is 2.49. The Bertz CT molecular complexity index is 706. The summed E-state index contributed by atoms with van der Waals surface area (Å²) in [5, 5.41) is 10.4. The van der Waals surface area contributed by atoms with E-state index in [4.69, 9.17) is 0 Å². The van der Waals surface area contributed by atoms with E-state index in [1.165, 1.54) is 0 Å². The van der Waals surface area contributed by atoms with Crippen molar-refractivity contribution in [2.75, 3.05) is 13.1 Å². The van der Waals surface area contributed by atoms with E-state index in [1.807, 2.05) is 24.4 Å². The lowest BCUT2D eigenvalue weighted by Crippen LogP contribution is -2.48. The molecule has 110 valence electrons. The Hall–Kier alpha value is -2.30. The fourth-order valence-electron chi connectivity index (χ4n) is 2.95. The van der Waals surface area contributed by atoms with Gasteiger partial charge >= 0.3 is 5.97 Å². The van der Waals surface area contributed by atoms with Crippen molar-refractivity contribution in [2.24, 2.45) is 5.41 Å². The summed E-state index contributed by atoms with van der Waals surface area (Å²) in [6.07, 6.45) is 3.17. The lowest BCUT2D eigenvalue weighted by molar-refractivity contribution is -0.150. The van der Waals surface area contributed by atoms with Crippen LogP contribution in [0.15, 0.2) is 30.5 Å². The van der Waals surface area contributed by atoms with Crippen LogP contribution in [0.2, 0.25) is 0 Å². The van der Waals surface area contributed by atoms with Crippen LogP contribution < -0.4 is 0 Å². The minimum Gasteiger partial charge on any atom is -0.481 e. The molecule has 5 nitrogen and oxygen atoms in total. The highest BCUT2D eigenvalue weighted by Crippen LogP contribution is 2.30. The highest BCUT2D eigenvalue weighted by Gasteiger charge is 2.39. The lowest BCUT2D eigenvalue weighted by Gasteiger charge is -2.37. The second-order valence-electron chi connectivity index (χ2n) is 5.98. The van der Waals surface area contributed by atoms with Gasteiger partial charge in [-0.15, -0.1) is 0 Å². The van der Waals surface area contributed by atoms with Gasteiger partial charge in [0.15, 0.2) is 0 Å². The minimum absolute atomic E-state index is 0.0984. The summed E-state index contributed by atoms with van der Waals surface area (Å²) in [7, 11) is 0. The number of carboxylic acid groups (broad SMARTS) is 1. The number of piperidine rings is 1. The summed E-state index contributed by atoms with van der Waals surface area (Å²) in [5.41, 5.74) is 0.670. The molecule has 0 radical (unpaired) electrons. The fourth-order valence-corrected chi connectivity index (χ4v) is 2.95. The molecule has 1 aliphatic heterocycles. The minimum atomic E-state index is -0.843. The Kier molecular flexibility index (Phi) is 3.20. The van der Waals surface area contributed by atoms with Gasteiger partial charge in [0.1, 0.15) is 0 Å². The Labute approximate surface area is 122 Å². The van der Waals surface area contributed by atoms with E-state index in [0.29, 0.717) is 18.5 Å². The van der Waals surface area contributed by atoms with Crippen molar-refractivity contribution in [3.05, 3.63) is 36.0 Å². The average Bonchev–Trinajstić information content (AvgIpc) is 2.93. The molecule has 1 amide bonds. The van der Waals surface area contributed by atoms with Crippen LogP contribution in [0.25, 0.3) is 10.9 Å². The number of aromatic nitrogens is 1. The molecule has 3 rings (SSSR count). The zero-order chi connectivity index (χ0) is 15.0. The third-order valence-corrected chi connectivity index (χ3v) is 4.30. The third kappa shape index (κ3) is 2.39. The molecular formula is C16H18N2O3. The number of nitrogens with one attached hydrogen (secondary N) is 1. The maximum absolute atomic E-state index is 12.6. The average molecular weight is 286 g/mol. The molecule has 0 aliphatic carbocycles. The van der Waals surface area contributed by atoms with Gasteiger partial charge in [0, 0.05) is 30.4 Å². The van der Waals surface area contributed by atoms with Gasteiger partial charge < -0.3 is 15.0 Å². The number of carbonyl (C=O) groups is 2. The summed E-state index contributed by atoms with van der Waals surface area (Å²) in [6, 6.07) is 7.47.